The first-order valence-corrected chi connectivity index (χ1v) is 3.82. The molecule has 0 aliphatic carbocycles. The van der Waals surface area contributed by atoms with E-state index in [1.165, 1.54) is 0 Å². The molecular weight excluding hydrogens is 170 g/mol. The molecule has 0 heterocycles. The summed E-state index contributed by atoms with van der Waals surface area (Å²) in [5, 5.41) is 8.63. The Morgan fingerprint density at radius 2 is 2.08 bits per heavy atom. The van der Waals surface area contributed by atoms with Crippen LogP contribution in [0.15, 0.2) is 24.3 Å². The SMILES string of the molecule is NNC(=O)Cc1ccc([NH2+]O)cc1. The topological polar surface area (TPSA) is 92.0 Å². The minimum Gasteiger partial charge on any atom is -0.294 e. The van der Waals surface area contributed by atoms with E-state index in [1.807, 2.05) is 5.43 Å². The predicted octanol–water partition coefficient (Wildman–Crippen LogP) is -1.20. The molecular formula is C8H12N3O2+. The van der Waals surface area contributed by atoms with Gasteiger partial charge in [0.25, 0.3) is 0 Å². The minimum absolute atomic E-state index is 0.235. The smallest absolute Gasteiger partial charge is 0.238 e. The summed E-state index contributed by atoms with van der Waals surface area (Å²) in [5.41, 5.74) is 4.61. The molecule has 0 aliphatic rings. The van der Waals surface area contributed by atoms with Gasteiger partial charge < -0.3 is 0 Å². The molecule has 1 aromatic carbocycles. The van der Waals surface area contributed by atoms with Crippen molar-refractivity contribution in [1.82, 2.24) is 5.43 Å². The van der Waals surface area contributed by atoms with Gasteiger partial charge in [-0.25, -0.2) is 11.0 Å². The van der Waals surface area contributed by atoms with Crippen LogP contribution in [0, 0.1) is 0 Å². The highest BCUT2D eigenvalue weighted by atomic mass is 16.5. The Kier molecular flexibility index (Phi) is 3.39. The first kappa shape index (κ1) is 9.66. The second-order valence-electron chi connectivity index (χ2n) is 2.61. The first-order chi connectivity index (χ1) is 6.26. The molecule has 5 nitrogen and oxygen atoms in total. The number of benzene rings is 1. The number of amides is 1. The summed E-state index contributed by atoms with van der Waals surface area (Å²) in [6.07, 6.45) is 0.252. The number of carbonyl (C=O) groups excluding carboxylic acids is 1. The number of nitrogens with two attached hydrogens (primary N) is 2. The summed E-state index contributed by atoms with van der Waals surface area (Å²) < 4.78 is 0. The van der Waals surface area contributed by atoms with Crippen LogP contribution in [-0.2, 0) is 11.2 Å². The van der Waals surface area contributed by atoms with Crippen molar-refractivity contribution in [3.63, 3.8) is 0 Å². The van der Waals surface area contributed by atoms with E-state index in [9.17, 15) is 4.79 Å². The number of hydrazine groups is 1. The van der Waals surface area contributed by atoms with E-state index in [2.05, 4.69) is 0 Å². The quantitative estimate of drug-likeness (QED) is 0.205. The summed E-state index contributed by atoms with van der Waals surface area (Å²) in [6, 6.07) is 6.97. The van der Waals surface area contributed by atoms with Gasteiger partial charge in [0.2, 0.25) is 5.91 Å². The molecule has 0 saturated carbocycles. The second kappa shape index (κ2) is 4.56. The van der Waals surface area contributed by atoms with Crippen molar-refractivity contribution in [2.24, 2.45) is 5.84 Å². The van der Waals surface area contributed by atoms with Gasteiger partial charge in [0.15, 0.2) is 5.69 Å². The van der Waals surface area contributed by atoms with Gasteiger partial charge in [-0.05, 0) is 5.56 Å². The van der Waals surface area contributed by atoms with Crippen molar-refractivity contribution in [2.75, 3.05) is 0 Å². The van der Waals surface area contributed by atoms with Gasteiger partial charge in [-0.1, -0.05) is 12.1 Å². The van der Waals surface area contributed by atoms with E-state index in [1.54, 1.807) is 24.3 Å². The van der Waals surface area contributed by atoms with Gasteiger partial charge >= 0.3 is 0 Å². The van der Waals surface area contributed by atoms with E-state index in [-0.39, 0.29) is 12.3 Å². The van der Waals surface area contributed by atoms with Gasteiger partial charge in [-0.15, -0.1) is 0 Å². The summed E-state index contributed by atoms with van der Waals surface area (Å²) in [6.45, 7) is 0. The van der Waals surface area contributed by atoms with Crippen LogP contribution in [0.1, 0.15) is 5.56 Å². The molecule has 0 aliphatic heterocycles. The maximum atomic E-state index is 10.8. The van der Waals surface area contributed by atoms with Gasteiger partial charge in [0.05, 0.1) is 6.42 Å². The van der Waals surface area contributed by atoms with Crippen LogP contribution in [0.25, 0.3) is 0 Å². The molecule has 1 amide bonds. The number of rotatable bonds is 3. The van der Waals surface area contributed by atoms with Crippen LogP contribution in [0.3, 0.4) is 0 Å². The molecule has 0 atom stereocenters. The van der Waals surface area contributed by atoms with Gasteiger partial charge in [-0.3, -0.25) is 10.2 Å². The predicted molar refractivity (Wildman–Crippen MR) is 45.8 cm³/mol. The number of carbonyl (C=O) groups is 1. The average molecular weight is 182 g/mol. The largest absolute Gasteiger partial charge is 0.294 e. The van der Waals surface area contributed by atoms with Crippen LogP contribution in [0.5, 0.6) is 0 Å². The third kappa shape index (κ3) is 2.83. The Labute approximate surface area is 75.5 Å². The van der Waals surface area contributed by atoms with E-state index >= 15 is 0 Å². The van der Waals surface area contributed by atoms with E-state index in [0.29, 0.717) is 5.69 Å². The molecule has 0 spiro atoms. The Hall–Kier alpha value is -1.43. The highest BCUT2D eigenvalue weighted by Crippen LogP contribution is 2.04. The maximum absolute atomic E-state index is 10.8. The van der Waals surface area contributed by atoms with Crippen molar-refractivity contribution < 1.29 is 15.5 Å². The summed E-state index contributed by atoms with van der Waals surface area (Å²) in [5.74, 6) is 4.69. The molecule has 1 aromatic rings. The van der Waals surface area contributed by atoms with Crippen LogP contribution in [0.2, 0.25) is 0 Å². The van der Waals surface area contributed by atoms with E-state index in [4.69, 9.17) is 11.0 Å². The number of hydrogen-bond acceptors (Lipinski definition) is 3. The highest BCUT2D eigenvalue weighted by Gasteiger charge is 2.01. The van der Waals surface area contributed by atoms with Crippen LogP contribution in [0.4, 0.5) is 5.69 Å². The third-order valence-corrected chi connectivity index (χ3v) is 1.65. The lowest BCUT2D eigenvalue weighted by Gasteiger charge is -1.99. The lowest BCUT2D eigenvalue weighted by molar-refractivity contribution is -0.825. The van der Waals surface area contributed by atoms with Crippen molar-refractivity contribution in [1.29, 1.82) is 0 Å². The lowest BCUT2D eigenvalue weighted by atomic mass is 10.1. The molecule has 0 unspecified atom stereocenters. The van der Waals surface area contributed by atoms with Gasteiger partial charge in [0.1, 0.15) is 0 Å². The fourth-order valence-electron chi connectivity index (χ4n) is 0.958. The second-order valence-corrected chi connectivity index (χ2v) is 2.61. The first-order valence-electron chi connectivity index (χ1n) is 3.82. The molecule has 0 saturated heterocycles. The summed E-state index contributed by atoms with van der Waals surface area (Å²) in [7, 11) is 0. The zero-order valence-electron chi connectivity index (χ0n) is 7.03. The fraction of sp³-hybridized carbons (Fsp3) is 0.125. The zero-order valence-corrected chi connectivity index (χ0v) is 7.03. The van der Waals surface area contributed by atoms with Crippen molar-refractivity contribution >= 4 is 11.6 Å². The molecule has 70 valence electrons. The van der Waals surface area contributed by atoms with Crippen LogP contribution >= 0.6 is 0 Å². The van der Waals surface area contributed by atoms with Gasteiger partial charge in [0, 0.05) is 12.1 Å². The fourth-order valence-corrected chi connectivity index (χ4v) is 0.958. The van der Waals surface area contributed by atoms with E-state index < -0.39 is 0 Å². The number of nitrogens with one attached hydrogen (secondary N) is 1. The van der Waals surface area contributed by atoms with Crippen LogP contribution in [-0.4, -0.2) is 11.1 Å². The Balaban J connectivity index is 2.64. The molecule has 0 fully saturated rings. The zero-order chi connectivity index (χ0) is 9.68. The Morgan fingerprint density at radius 3 is 2.54 bits per heavy atom. The van der Waals surface area contributed by atoms with Crippen molar-refractivity contribution in [2.45, 2.75) is 6.42 Å². The Morgan fingerprint density at radius 1 is 1.46 bits per heavy atom. The molecule has 5 heteroatoms. The van der Waals surface area contributed by atoms with Crippen molar-refractivity contribution in [3.8, 4) is 0 Å². The molecule has 1 rings (SSSR count). The Bertz CT molecular complexity index is 284. The molecule has 6 N–H and O–H groups in total. The third-order valence-electron chi connectivity index (χ3n) is 1.65. The lowest BCUT2D eigenvalue weighted by Crippen LogP contribution is -2.73. The molecule has 0 radical (unpaired) electrons. The van der Waals surface area contributed by atoms with Gasteiger partial charge in [-0.2, -0.15) is 5.48 Å². The molecule has 0 bridgehead atoms. The minimum atomic E-state index is -0.235. The average Bonchev–Trinajstić information content (AvgIpc) is 2.19. The summed E-state index contributed by atoms with van der Waals surface area (Å²) >= 11 is 0. The monoisotopic (exact) mass is 182 g/mol. The number of quaternary nitrogens is 1. The highest BCUT2D eigenvalue weighted by molar-refractivity contribution is 5.77. The number of hydrogen-bond donors (Lipinski definition) is 4. The molecule has 13 heavy (non-hydrogen) atoms. The van der Waals surface area contributed by atoms with E-state index in [0.717, 1.165) is 11.0 Å². The summed E-state index contributed by atoms with van der Waals surface area (Å²) in [4.78, 5) is 10.8. The maximum Gasteiger partial charge on any atom is 0.238 e. The normalized spacial score (nSPS) is 9.69. The van der Waals surface area contributed by atoms with Crippen molar-refractivity contribution in [3.05, 3.63) is 29.8 Å². The molecule has 0 aromatic heterocycles. The van der Waals surface area contributed by atoms with Crippen LogP contribution < -0.4 is 16.7 Å². The standard InChI is InChI=1S/C8H11N3O2/c9-10-8(12)5-6-1-3-7(11-13)4-2-6/h1-4,11,13H,5,9H2,(H,10,12)/p+1.